The summed E-state index contributed by atoms with van der Waals surface area (Å²) in [5.74, 6) is 0. The molecule has 7 rings (SSSR count). The van der Waals surface area contributed by atoms with Crippen LogP contribution < -0.4 is 9.80 Å². The van der Waals surface area contributed by atoms with E-state index in [2.05, 4.69) is 176 Å². The zero-order valence-electron chi connectivity index (χ0n) is 25.9. The van der Waals surface area contributed by atoms with E-state index in [1.165, 1.54) is 66.5 Å². The van der Waals surface area contributed by atoms with E-state index in [0.717, 1.165) is 0 Å². The molecule has 0 heterocycles. The van der Waals surface area contributed by atoms with Gasteiger partial charge in [0.15, 0.2) is 0 Å². The largest absolute Gasteiger partial charge is 0.345 e. The van der Waals surface area contributed by atoms with Crippen LogP contribution in [0, 0.1) is 0 Å². The van der Waals surface area contributed by atoms with Gasteiger partial charge in [0.25, 0.3) is 0 Å². The average Bonchev–Trinajstić information content (AvgIpc) is 3.11. The molecule has 0 saturated heterocycles. The number of benzene rings is 7. The Kier molecular flexibility index (Phi) is 8.43. The molecule has 0 amide bonds. The topological polar surface area (TPSA) is 6.48 Å². The van der Waals surface area contributed by atoms with Gasteiger partial charge in [-0.25, -0.2) is 0 Å². The minimum Gasteiger partial charge on any atom is -0.345 e. The zero-order chi connectivity index (χ0) is 30.5. The Bertz CT molecular complexity index is 1990. The molecular formula is C42H38N2. The quantitative estimate of drug-likeness (QED) is 0.196. The maximum atomic E-state index is 2.31. The summed E-state index contributed by atoms with van der Waals surface area (Å²) >= 11 is 0. The Morgan fingerprint density at radius 1 is 0.364 bits per heavy atom. The molecule has 216 valence electrons. The molecule has 0 saturated carbocycles. The van der Waals surface area contributed by atoms with Gasteiger partial charge in [-0.2, -0.15) is 0 Å². The maximum Gasteiger partial charge on any atom is 0.0494 e. The number of fused-ring (bicyclic) bond motifs is 2. The van der Waals surface area contributed by atoms with Crippen LogP contribution in [0.3, 0.4) is 0 Å². The molecule has 0 N–H and O–H groups in total. The third kappa shape index (κ3) is 5.67. The van der Waals surface area contributed by atoms with Crippen molar-refractivity contribution in [2.24, 2.45) is 0 Å². The minimum absolute atomic E-state index is 1.17. The number of hydrogen-bond donors (Lipinski definition) is 0. The van der Waals surface area contributed by atoms with Crippen LogP contribution in [0.5, 0.6) is 0 Å². The second-order valence-corrected chi connectivity index (χ2v) is 10.8. The standard InChI is InChI=1S/C40H32N2.C2H6/c1-41(35-13-4-3-5-14-35)36-24-20-31(21-25-36)30-16-18-33(19-17-30)40-38-15-9-8-11-32(38)23-27-39(40)42(2)37-26-22-29-10-6-7-12-34(29)28-37;1-2/h3-28H,1-2H3;1-2H3. The fourth-order valence-electron chi connectivity index (χ4n) is 5.87. The van der Waals surface area contributed by atoms with Crippen LogP contribution >= 0.6 is 0 Å². The van der Waals surface area contributed by atoms with Gasteiger partial charge in [-0.05, 0) is 80.7 Å². The first-order valence-corrected chi connectivity index (χ1v) is 15.4. The van der Waals surface area contributed by atoms with Crippen molar-refractivity contribution in [3.8, 4) is 22.3 Å². The summed E-state index contributed by atoms with van der Waals surface area (Å²) in [7, 11) is 4.27. The lowest BCUT2D eigenvalue weighted by Crippen LogP contribution is -2.11. The van der Waals surface area contributed by atoms with Crippen molar-refractivity contribution < 1.29 is 0 Å². The van der Waals surface area contributed by atoms with Gasteiger partial charge < -0.3 is 9.80 Å². The molecule has 2 nitrogen and oxygen atoms in total. The monoisotopic (exact) mass is 570 g/mol. The second kappa shape index (κ2) is 12.9. The first kappa shape index (κ1) is 28.8. The van der Waals surface area contributed by atoms with Gasteiger partial charge in [0.1, 0.15) is 0 Å². The molecule has 0 aliphatic rings. The smallest absolute Gasteiger partial charge is 0.0494 e. The van der Waals surface area contributed by atoms with Crippen LogP contribution in [0.2, 0.25) is 0 Å². The first-order chi connectivity index (χ1) is 21.7. The summed E-state index contributed by atoms with van der Waals surface area (Å²) in [4.78, 5) is 4.52. The predicted octanol–water partition coefficient (Wildman–Crippen LogP) is 11.9. The third-order valence-electron chi connectivity index (χ3n) is 8.29. The van der Waals surface area contributed by atoms with Gasteiger partial charge in [-0.1, -0.05) is 129 Å². The molecule has 0 fully saturated rings. The number of para-hydroxylation sites is 1. The zero-order valence-corrected chi connectivity index (χ0v) is 25.9. The molecule has 0 atom stereocenters. The van der Waals surface area contributed by atoms with Crippen LogP contribution in [0.4, 0.5) is 22.7 Å². The summed E-state index contributed by atoms with van der Waals surface area (Å²) < 4.78 is 0. The van der Waals surface area contributed by atoms with E-state index in [1.54, 1.807) is 0 Å². The molecule has 0 radical (unpaired) electrons. The van der Waals surface area contributed by atoms with Crippen molar-refractivity contribution in [1.82, 2.24) is 0 Å². The Labute approximate surface area is 261 Å². The van der Waals surface area contributed by atoms with Crippen molar-refractivity contribution in [3.05, 3.63) is 158 Å². The fraction of sp³-hybridized carbons (Fsp3) is 0.0952. The van der Waals surface area contributed by atoms with Gasteiger partial charge in [-0.15, -0.1) is 0 Å². The molecule has 0 unspecified atom stereocenters. The summed E-state index contributed by atoms with van der Waals surface area (Å²) in [5, 5.41) is 4.99. The van der Waals surface area contributed by atoms with Gasteiger partial charge >= 0.3 is 0 Å². The normalized spacial score (nSPS) is 10.7. The molecule has 0 aliphatic carbocycles. The van der Waals surface area contributed by atoms with Crippen LogP contribution in [0.1, 0.15) is 13.8 Å². The van der Waals surface area contributed by atoms with Crippen LogP contribution in [0.25, 0.3) is 43.8 Å². The predicted molar refractivity (Wildman–Crippen MR) is 193 cm³/mol. The molecule has 0 spiro atoms. The number of hydrogen-bond acceptors (Lipinski definition) is 2. The molecule has 0 aromatic heterocycles. The summed E-state index contributed by atoms with van der Waals surface area (Å²) in [6, 6.07) is 56.7. The number of rotatable bonds is 6. The van der Waals surface area contributed by atoms with Crippen molar-refractivity contribution in [2.75, 3.05) is 23.9 Å². The Hall–Kier alpha value is -5.34. The van der Waals surface area contributed by atoms with Crippen LogP contribution in [-0.2, 0) is 0 Å². The van der Waals surface area contributed by atoms with E-state index >= 15 is 0 Å². The Morgan fingerprint density at radius 2 is 0.864 bits per heavy atom. The molecule has 2 heteroatoms. The highest BCUT2D eigenvalue weighted by molar-refractivity contribution is 6.04. The van der Waals surface area contributed by atoms with E-state index in [0.29, 0.717) is 0 Å². The lowest BCUT2D eigenvalue weighted by atomic mass is 9.94. The minimum atomic E-state index is 1.17. The Balaban J connectivity index is 0.00000168. The van der Waals surface area contributed by atoms with E-state index in [9.17, 15) is 0 Å². The van der Waals surface area contributed by atoms with Crippen molar-refractivity contribution in [1.29, 1.82) is 0 Å². The molecule has 0 bridgehead atoms. The highest BCUT2D eigenvalue weighted by Gasteiger charge is 2.15. The van der Waals surface area contributed by atoms with E-state index in [1.807, 2.05) is 19.9 Å². The van der Waals surface area contributed by atoms with Crippen LogP contribution in [-0.4, -0.2) is 14.1 Å². The van der Waals surface area contributed by atoms with Crippen molar-refractivity contribution >= 4 is 44.3 Å². The van der Waals surface area contributed by atoms with Gasteiger partial charge in [-0.3, -0.25) is 0 Å². The number of nitrogens with zero attached hydrogens (tertiary/aromatic N) is 2. The number of anilines is 4. The highest BCUT2D eigenvalue weighted by Crippen LogP contribution is 2.41. The third-order valence-corrected chi connectivity index (χ3v) is 8.29. The fourth-order valence-corrected chi connectivity index (χ4v) is 5.87. The van der Waals surface area contributed by atoms with Gasteiger partial charge in [0, 0.05) is 42.4 Å². The van der Waals surface area contributed by atoms with E-state index in [4.69, 9.17) is 0 Å². The first-order valence-electron chi connectivity index (χ1n) is 15.4. The molecular weight excluding hydrogens is 532 g/mol. The molecule has 7 aromatic rings. The lowest BCUT2D eigenvalue weighted by Gasteiger charge is -2.25. The van der Waals surface area contributed by atoms with Gasteiger partial charge in [0.05, 0.1) is 0 Å². The lowest BCUT2D eigenvalue weighted by molar-refractivity contribution is 1.21. The molecule has 44 heavy (non-hydrogen) atoms. The SMILES string of the molecule is CC.CN(c1ccccc1)c1ccc(-c2ccc(-c3c(N(C)c4ccc5ccccc5c4)ccc4ccccc34)cc2)cc1. The highest BCUT2D eigenvalue weighted by atomic mass is 15.1. The van der Waals surface area contributed by atoms with Crippen molar-refractivity contribution in [3.63, 3.8) is 0 Å². The Morgan fingerprint density at radius 3 is 1.57 bits per heavy atom. The van der Waals surface area contributed by atoms with Gasteiger partial charge in [0.2, 0.25) is 0 Å². The van der Waals surface area contributed by atoms with Crippen molar-refractivity contribution in [2.45, 2.75) is 13.8 Å². The second-order valence-electron chi connectivity index (χ2n) is 10.8. The maximum absolute atomic E-state index is 2.31. The summed E-state index contributed by atoms with van der Waals surface area (Å²) in [6.45, 7) is 4.00. The average molecular weight is 571 g/mol. The van der Waals surface area contributed by atoms with Crippen LogP contribution in [0.15, 0.2) is 158 Å². The van der Waals surface area contributed by atoms with E-state index < -0.39 is 0 Å². The summed E-state index contributed by atoms with van der Waals surface area (Å²) in [5.41, 5.74) is 9.56. The molecule has 7 aromatic carbocycles. The summed E-state index contributed by atoms with van der Waals surface area (Å²) in [6.07, 6.45) is 0. The molecule has 0 aliphatic heterocycles. The van der Waals surface area contributed by atoms with E-state index in [-0.39, 0.29) is 0 Å².